The van der Waals surface area contributed by atoms with E-state index < -0.39 is 0 Å². The van der Waals surface area contributed by atoms with E-state index in [1.54, 1.807) is 7.11 Å². The number of nitrogens with two attached hydrogens (primary N) is 1. The summed E-state index contributed by atoms with van der Waals surface area (Å²) < 4.78 is 10.2. The second-order valence-electron chi connectivity index (χ2n) is 3.14. The van der Waals surface area contributed by atoms with Gasteiger partial charge in [0.2, 0.25) is 11.7 Å². The smallest absolute Gasteiger partial charge is 0.243 e. The summed E-state index contributed by atoms with van der Waals surface area (Å²) in [7, 11) is 1.63. The van der Waals surface area contributed by atoms with Gasteiger partial charge in [-0.1, -0.05) is 19.0 Å². The van der Waals surface area contributed by atoms with Crippen molar-refractivity contribution >= 4 is 0 Å². The molecule has 0 radical (unpaired) electrons. The molecule has 5 nitrogen and oxygen atoms in total. The third-order valence-corrected chi connectivity index (χ3v) is 2.16. The maximum Gasteiger partial charge on any atom is 0.243 e. The predicted octanol–water partition coefficient (Wildman–Crippen LogP) is 1.58. The highest BCUT2D eigenvalue weighted by Gasteiger charge is 2.18. The first kappa shape index (κ1) is 11.1. The molecule has 0 saturated carbocycles. The minimum absolute atomic E-state index is 0.100. The van der Waals surface area contributed by atoms with Gasteiger partial charge in [-0.3, -0.25) is 0 Å². The largest absolute Gasteiger partial charge is 0.373 e. The number of methoxy groups -OCH3 is 1. The van der Waals surface area contributed by atoms with Crippen molar-refractivity contribution in [2.75, 3.05) is 7.11 Å². The van der Waals surface area contributed by atoms with E-state index in [9.17, 15) is 0 Å². The minimum Gasteiger partial charge on any atom is -0.373 e. The molecule has 0 aromatic carbocycles. The molecule has 80 valence electrons. The SMILES string of the molecule is CCC(N)c1nc(C(CC)OC)no1. The van der Waals surface area contributed by atoms with Gasteiger partial charge in [0.15, 0.2) is 0 Å². The third-order valence-electron chi connectivity index (χ3n) is 2.16. The van der Waals surface area contributed by atoms with Crippen LogP contribution < -0.4 is 5.73 Å². The molecular formula is C9H17N3O2. The van der Waals surface area contributed by atoms with Gasteiger partial charge in [0.05, 0.1) is 6.04 Å². The van der Waals surface area contributed by atoms with Crippen LogP contribution in [0.1, 0.15) is 50.6 Å². The van der Waals surface area contributed by atoms with E-state index in [2.05, 4.69) is 10.1 Å². The van der Waals surface area contributed by atoms with Crippen LogP contribution in [0.4, 0.5) is 0 Å². The molecule has 5 heteroatoms. The maximum absolute atomic E-state index is 5.75. The van der Waals surface area contributed by atoms with Crippen molar-refractivity contribution in [2.24, 2.45) is 5.73 Å². The number of rotatable bonds is 5. The van der Waals surface area contributed by atoms with E-state index in [0.29, 0.717) is 11.7 Å². The second kappa shape index (κ2) is 5.07. The zero-order valence-electron chi connectivity index (χ0n) is 8.86. The van der Waals surface area contributed by atoms with Crippen molar-refractivity contribution in [1.82, 2.24) is 10.1 Å². The number of aromatic nitrogens is 2. The average Bonchev–Trinajstić information content (AvgIpc) is 2.68. The lowest BCUT2D eigenvalue weighted by atomic mass is 10.2. The summed E-state index contributed by atoms with van der Waals surface area (Å²) in [5, 5.41) is 3.84. The van der Waals surface area contributed by atoms with Crippen LogP contribution in [0.5, 0.6) is 0 Å². The third kappa shape index (κ3) is 2.30. The molecule has 0 bridgehead atoms. The van der Waals surface area contributed by atoms with E-state index in [4.69, 9.17) is 15.0 Å². The second-order valence-corrected chi connectivity index (χ2v) is 3.14. The zero-order valence-corrected chi connectivity index (χ0v) is 8.86. The van der Waals surface area contributed by atoms with E-state index in [1.165, 1.54) is 0 Å². The zero-order chi connectivity index (χ0) is 10.6. The highest BCUT2D eigenvalue weighted by molar-refractivity contribution is 4.94. The Morgan fingerprint density at radius 1 is 1.43 bits per heavy atom. The van der Waals surface area contributed by atoms with Crippen LogP contribution in [-0.2, 0) is 4.74 Å². The lowest BCUT2D eigenvalue weighted by Crippen LogP contribution is -2.09. The van der Waals surface area contributed by atoms with E-state index in [-0.39, 0.29) is 12.1 Å². The van der Waals surface area contributed by atoms with Gasteiger partial charge in [0.1, 0.15) is 6.10 Å². The summed E-state index contributed by atoms with van der Waals surface area (Å²) in [6, 6.07) is -0.175. The van der Waals surface area contributed by atoms with Gasteiger partial charge in [-0.25, -0.2) is 0 Å². The highest BCUT2D eigenvalue weighted by Crippen LogP contribution is 2.19. The Morgan fingerprint density at radius 3 is 2.64 bits per heavy atom. The molecule has 1 aromatic rings. The van der Waals surface area contributed by atoms with Crippen LogP contribution in [0.25, 0.3) is 0 Å². The topological polar surface area (TPSA) is 74.2 Å². The Bertz CT molecular complexity index is 271. The molecule has 0 saturated heterocycles. The van der Waals surface area contributed by atoms with E-state index in [0.717, 1.165) is 12.8 Å². The highest BCUT2D eigenvalue weighted by atomic mass is 16.5. The van der Waals surface area contributed by atoms with Crippen LogP contribution in [0, 0.1) is 0 Å². The quantitative estimate of drug-likeness (QED) is 0.779. The van der Waals surface area contributed by atoms with Crippen LogP contribution >= 0.6 is 0 Å². The van der Waals surface area contributed by atoms with Crippen LogP contribution in [0.2, 0.25) is 0 Å². The summed E-state index contributed by atoms with van der Waals surface area (Å²) in [6.07, 6.45) is 1.50. The molecule has 1 heterocycles. The lowest BCUT2D eigenvalue weighted by Gasteiger charge is -2.06. The Labute approximate surface area is 83.6 Å². The lowest BCUT2D eigenvalue weighted by molar-refractivity contribution is 0.0903. The van der Waals surface area contributed by atoms with Gasteiger partial charge >= 0.3 is 0 Å². The van der Waals surface area contributed by atoms with Crippen molar-refractivity contribution in [2.45, 2.75) is 38.8 Å². The van der Waals surface area contributed by atoms with Crippen molar-refractivity contribution in [1.29, 1.82) is 0 Å². The van der Waals surface area contributed by atoms with E-state index >= 15 is 0 Å². The summed E-state index contributed by atoms with van der Waals surface area (Å²) in [4.78, 5) is 4.20. The van der Waals surface area contributed by atoms with Crippen LogP contribution in [0.3, 0.4) is 0 Å². The number of hydrogen-bond acceptors (Lipinski definition) is 5. The molecule has 0 aliphatic carbocycles. The van der Waals surface area contributed by atoms with Gasteiger partial charge in [-0.2, -0.15) is 4.98 Å². The first-order valence-corrected chi connectivity index (χ1v) is 4.84. The number of nitrogens with zero attached hydrogens (tertiary/aromatic N) is 2. The summed E-state index contributed by atoms with van der Waals surface area (Å²) in [5.74, 6) is 1.06. The Morgan fingerprint density at radius 2 is 2.14 bits per heavy atom. The Hall–Kier alpha value is -0.940. The van der Waals surface area contributed by atoms with Crippen LogP contribution in [-0.4, -0.2) is 17.3 Å². The fourth-order valence-electron chi connectivity index (χ4n) is 1.16. The minimum atomic E-state index is -0.175. The molecular weight excluding hydrogens is 182 g/mol. The molecule has 0 fully saturated rings. The maximum atomic E-state index is 5.75. The van der Waals surface area contributed by atoms with Crippen molar-refractivity contribution in [3.05, 3.63) is 11.7 Å². The van der Waals surface area contributed by atoms with Gasteiger partial charge in [-0.15, -0.1) is 0 Å². The molecule has 2 atom stereocenters. The van der Waals surface area contributed by atoms with Gasteiger partial charge in [-0.05, 0) is 12.8 Å². The Kier molecular flexibility index (Phi) is 4.03. The van der Waals surface area contributed by atoms with Crippen molar-refractivity contribution < 1.29 is 9.26 Å². The Balaban J connectivity index is 2.76. The summed E-state index contributed by atoms with van der Waals surface area (Å²) in [5.41, 5.74) is 5.75. The molecule has 0 spiro atoms. The molecule has 1 aromatic heterocycles. The molecule has 1 rings (SSSR count). The normalized spacial score (nSPS) is 15.4. The standard InChI is InChI=1S/C9H17N3O2/c1-4-6(10)9-11-8(12-14-9)7(5-2)13-3/h6-7H,4-5,10H2,1-3H3. The first-order valence-electron chi connectivity index (χ1n) is 4.84. The first-order chi connectivity index (χ1) is 6.72. The van der Waals surface area contributed by atoms with Crippen molar-refractivity contribution in [3.8, 4) is 0 Å². The van der Waals surface area contributed by atoms with Crippen molar-refractivity contribution in [3.63, 3.8) is 0 Å². The monoisotopic (exact) mass is 199 g/mol. The molecule has 14 heavy (non-hydrogen) atoms. The molecule has 0 aliphatic heterocycles. The van der Waals surface area contributed by atoms with Gasteiger partial charge < -0.3 is 15.0 Å². The fraction of sp³-hybridized carbons (Fsp3) is 0.778. The number of hydrogen-bond donors (Lipinski definition) is 1. The van der Waals surface area contributed by atoms with Gasteiger partial charge in [0, 0.05) is 7.11 Å². The molecule has 2 unspecified atom stereocenters. The fourth-order valence-corrected chi connectivity index (χ4v) is 1.16. The average molecular weight is 199 g/mol. The molecule has 2 N–H and O–H groups in total. The summed E-state index contributed by atoms with van der Waals surface area (Å²) >= 11 is 0. The number of ether oxygens (including phenoxy) is 1. The summed E-state index contributed by atoms with van der Waals surface area (Å²) in [6.45, 7) is 3.98. The molecule has 0 aliphatic rings. The van der Waals surface area contributed by atoms with E-state index in [1.807, 2.05) is 13.8 Å². The molecule has 0 amide bonds. The van der Waals surface area contributed by atoms with Gasteiger partial charge in [0.25, 0.3) is 0 Å². The predicted molar refractivity (Wildman–Crippen MR) is 51.6 cm³/mol. The van der Waals surface area contributed by atoms with Crippen LogP contribution in [0.15, 0.2) is 4.52 Å².